The van der Waals surface area contributed by atoms with Gasteiger partial charge in [-0.2, -0.15) is 0 Å². The summed E-state index contributed by atoms with van der Waals surface area (Å²) in [5.74, 6) is -3.98. The van der Waals surface area contributed by atoms with Crippen LogP contribution < -0.4 is 5.32 Å². The van der Waals surface area contributed by atoms with Gasteiger partial charge in [0.25, 0.3) is 0 Å². The van der Waals surface area contributed by atoms with Gasteiger partial charge in [-0.15, -0.1) is 0 Å². The van der Waals surface area contributed by atoms with Crippen LogP contribution in [0, 0.1) is 16.7 Å². The Bertz CT molecular complexity index is 2290. The topological polar surface area (TPSA) is 191 Å². The third-order valence-corrected chi connectivity index (χ3v) is 23.8. The molecule has 67 heavy (non-hydrogen) atoms. The number of hydrogen-bond donors (Lipinski definition) is 2. The first kappa shape index (κ1) is 51.5. The van der Waals surface area contributed by atoms with Crippen molar-refractivity contribution >= 4 is 63.8 Å². The normalized spacial score (nSPS) is 33.7. The SMILES string of the molecule is CC(=O)O[C@@]12CO[C@@H]1C[C@@H]1O[Si](C)(C)C[Si](C)(C)O[C@H]3C(=O)[C@@]1(C)C2[C@H](OC(=O)c1ccccc1)[C@]1(O)C[C@H](OC(=O)[C@H](OPP)[C@@H](NC(=O)OC(C)(C)C)c2ccccc2)C(C)=C3C1(C)C. The van der Waals surface area contributed by atoms with Crippen LogP contribution in [0.2, 0.25) is 31.9 Å². The van der Waals surface area contributed by atoms with Gasteiger partial charge in [-0.25, -0.2) is 14.4 Å². The Morgan fingerprint density at radius 3 is 2.10 bits per heavy atom. The zero-order valence-corrected chi connectivity index (χ0v) is 44.7. The van der Waals surface area contributed by atoms with Gasteiger partial charge in [-0.05, 0) is 95.3 Å². The maximum absolute atomic E-state index is 16.4. The molecule has 5 aliphatic rings. The number of aliphatic hydroxyl groups is 1. The van der Waals surface area contributed by atoms with Gasteiger partial charge in [0.15, 0.2) is 34.1 Å². The summed E-state index contributed by atoms with van der Waals surface area (Å²) in [6, 6.07) is 16.0. The zero-order valence-electron chi connectivity index (χ0n) is 40.6. The molecule has 19 heteroatoms. The average Bonchev–Trinajstić information content (AvgIpc) is 3.23. The van der Waals surface area contributed by atoms with Crippen LogP contribution in [-0.4, -0.2) is 112 Å². The Balaban J connectivity index is 1.46. The van der Waals surface area contributed by atoms with E-state index in [1.807, 2.05) is 13.1 Å². The highest BCUT2D eigenvalue weighted by molar-refractivity contribution is 8.00. The molecule has 1 amide bonds. The molecule has 13 atom stereocenters. The van der Waals surface area contributed by atoms with Crippen molar-refractivity contribution in [3.63, 3.8) is 0 Å². The zero-order chi connectivity index (χ0) is 49.3. The van der Waals surface area contributed by atoms with Crippen molar-refractivity contribution in [1.29, 1.82) is 0 Å². The summed E-state index contributed by atoms with van der Waals surface area (Å²) in [6.07, 6.45) is -8.19. The van der Waals surface area contributed by atoms with Crippen molar-refractivity contribution in [2.24, 2.45) is 16.7 Å². The number of benzene rings is 2. The van der Waals surface area contributed by atoms with Gasteiger partial charge in [0.2, 0.25) is 0 Å². The van der Waals surface area contributed by atoms with Crippen molar-refractivity contribution in [3.05, 3.63) is 82.9 Å². The molecule has 3 aliphatic carbocycles. The van der Waals surface area contributed by atoms with E-state index in [1.54, 1.807) is 109 Å². The third-order valence-electron chi connectivity index (χ3n) is 14.4. The van der Waals surface area contributed by atoms with Crippen LogP contribution in [0.25, 0.3) is 0 Å². The molecule has 2 aromatic carbocycles. The molecule has 15 nitrogen and oxygen atoms in total. The van der Waals surface area contributed by atoms with Crippen molar-refractivity contribution in [2.75, 3.05) is 6.61 Å². The molecule has 0 aromatic heterocycles. The number of ether oxygens (including phenoxy) is 5. The fourth-order valence-electron chi connectivity index (χ4n) is 11.8. The molecular weight excluding hydrogens is 933 g/mol. The Morgan fingerprint density at radius 2 is 1.54 bits per heavy atom. The Kier molecular flexibility index (Phi) is 14.2. The molecule has 2 aromatic rings. The largest absolute Gasteiger partial charge is 0.456 e. The number of amides is 1. The number of esters is 3. The van der Waals surface area contributed by atoms with Gasteiger partial charge in [-0.3, -0.25) is 9.59 Å². The number of fused-ring (bicyclic) bond motifs is 6. The summed E-state index contributed by atoms with van der Waals surface area (Å²) in [6.45, 7) is 21.7. The molecule has 7 rings (SSSR count). The molecule has 2 aliphatic heterocycles. The van der Waals surface area contributed by atoms with Gasteiger partial charge >= 0.3 is 24.0 Å². The first-order chi connectivity index (χ1) is 31.1. The second-order valence-corrected chi connectivity index (χ2v) is 31.8. The van der Waals surface area contributed by atoms with Crippen LogP contribution in [0.15, 0.2) is 71.8 Å². The van der Waals surface area contributed by atoms with E-state index < -0.39 is 117 Å². The van der Waals surface area contributed by atoms with Crippen LogP contribution in [-0.2, 0) is 51.4 Å². The van der Waals surface area contributed by atoms with Crippen LogP contribution in [0.4, 0.5) is 4.79 Å². The lowest BCUT2D eigenvalue weighted by molar-refractivity contribution is -0.344. The molecule has 366 valence electrons. The number of rotatable bonds is 10. The van der Waals surface area contributed by atoms with Gasteiger partial charge in [0.05, 0.1) is 35.6 Å². The number of carbonyl (C=O) groups is 5. The van der Waals surface area contributed by atoms with Gasteiger partial charge in [0.1, 0.15) is 35.6 Å². The molecule has 3 unspecified atom stereocenters. The van der Waals surface area contributed by atoms with E-state index in [9.17, 15) is 19.5 Å². The molecule has 0 spiro atoms. The molecule has 2 heterocycles. The highest BCUT2D eigenvalue weighted by Gasteiger charge is 2.79. The molecule has 4 fully saturated rings. The smallest absolute Gasteiger partial charge is 0.408 e. The van der Waals surface area contributed by atoms with Crippen LogP contribution in [0.3, 0.4) is 0 Å². The van der Waals surface area contributed by atoms with Gasteiger partial charge in [-0.1, -0.05) is 71.3 Å². The minimum atomic E-state index is -2.85. The standard InChI is InChI=1S/C48H67NO14P2Si2/c1-27-31(57-42(53)37(61-65-64)35(29-19-15-13-16-20-29)49-43(54)60-44(3,4)5)24-48(55)40(58-41(52)30-21-17-14-18-22-30)38-46(8)32(23-33-47(38,25-56-33)59-28(2)50)62-66(9,10)26-67(11,12)63-36(39(46)51)34(27)45(48,6)7/h13-22,31-33,35-38,40,55,65H,23-26,64H2,1-12H3,(H,49,54)/t31-,32-,33+,35-,36+,37+,38?,40-,46+,47-,48+/m0/s1. The minimum Gasteiger partial charge on any atom is -0.456 e. The van der Waals surface area contributed by atoms with E-state index in [2.05, 4.69) is 27.3 Å². The van der Waals surface area contributed by atoms with Crippen LogP contribution >= 0.6 is 17.4 Å². The van der Waals surface area contributed by atoms with Crippen molar-refractivity contribution in [3.8, 4) is 0 Å². The van der Waals surface area contributed by atoms with E-state index in [1.165, 1.54) is 6.92 Å². The summed E-state index contributed by atoms with van der Waals surface area (Å²) < 4.78 is 52.2. The summed E-state index contributed by atoms with van der Waals surface area (Å²) in [5.41, 5.74) is -5.52. The monoisotopic (exact) mass is 999 g/mol. The number of nitrogens with one attached hydrogen (secondary N) is 1. The Morgan fingerprint density at radius 1 is 0.925 bits per heavy atom. The average molecular weight is 1000 g/mol. The number of ketones is 1. The van der Waals surface area contributed by atoms with Gasteiger partial charge in [0, 0.05) is 33.7 Å². The minimum absolute atomic E-state index is 0.152. The van der Waals surface area contributed by atoms with Crippen molar-refractivity contribution in [1.82, 2.24) is 5.32 Å². The summed E-state index contributed by atoms with van der Waals surface area (Å²) in [7, 11) is -3.41. The second-order valence-electron chi connectivity index (χ2n) is 21.7. The van der Waals surface area contributed by atoms with E-state index in [0.29, 0.717) is 22.4 Å². The maximum Gasteiger partial charge on any atom is 0.408 e. The quantitative estimate of drug-likeness (QED) is 0.0775. The van der Waals surface area contributed by atoms with Crippen molar-refractivity contribution in [2.45, 2.75) is 160 Å². The summed E-state index contributed by atoms with van der Waals surface area (Å²) in [4.78, 5) is 72.8. The number of hydrogen-bond acceptors (Lipinski definition) is 14. The lowest BCUT2D eigenvalue weighted by atomic mass is 9.44. The summed E-state index contributed by atoms with van der Waals surface area (Å²) >= 11 is 0. The third kappa shape index (κ3) is 9.50. The number of carbonyl (C=O) groups excluding carboxylic acids is 5. The highest BCUT2D eigenvalue weighted by atomic mass is 32.0. The predicted octanol–water partition coefficient (Wildman–Crippen LogP) is 7.68. The fourth-order valence-corrected chi connectivity index (χ4v) is 23.4. The lowest BCUT2D eigenvalue weighted by Gasteiger charge is -2.68. The molecule has 2 saturated carbocycles. The van der Waals surface area contributed by atoms with Crippen LogP contribution in [0.5, 0.6) is 0 Å². The van der Waals surface area contributed by atoms with E-state index in [0.717, 1.165) is 0 Å². The first-order valence-electron chi connectivity index (χ1n) is 22.9. The van der Waals surface area contributed by atoms with Gasteiger partial charge < -0.3 is 47.5 Å². The molecular formula is C48H67NO14P2Si2. The van der Waals surface area contributed by atoms with Crippen LogP contribution in [0.1, 0.15) is 90.2 Å². The van der Waals surface area contributed by atoms with E-state index >= 15 is 9.59 Å². The Labute approximate surface area is 399 Å². The molecule has 2 saturated heterocycles. The lowest BCUT2D eigenvalue weighted by Crippen LogP contribution is -2.82. The van der Waals surface area contributed by atoms with E-state index in [-0.39, 0.29) is 39.3 Å². The maximum atomic E-state index is 16.4. The second kappa shape index (κ2) is 18.4. The summed E-state index contributed by atoms with van der Waals surface area (Å²) in [5, 5.41) is 17.0. The fraction of sp³-hybridized carbons (Fsp3) is 0.604. The number of alkyl carbamates (subject to hydrolysis) is 1. The Hall–Kier alpha value is -3.38. The molecule has 0 radical (unpaired) electrons. The van der Waals surface area contributed by atoms with Crippen molar-refractivity contribution < 1.29 is 66.1 Å². The molecule has 4 bridgehead atoms. The highest BCUT2D eigenvalue weighted by Crippen LogP contribution is 2.65. The van der Waals surface area contributed by atoms with E-state index in [4.69, 9.17) is 37.1 Å². The molecule has 2 N–H and O–H groups in total. The number of Topliss-reactive ketones (excluding diaryl/α,β-unsaturated/α-hetero) is 1. The predicted molar refractivity (Wildman–Crippen MR) is 258 cm³/mol. The first-order valence-corrected chi connectivity index (χ1v) is 31.8.